The molecule has 0 saturated carbocycles. The number of hydrogen-bond acceptors (Lipinski definition) is 5. The summed E-state index contributed by atoms with van der Waals surface area (Å²) in [7, 11) is 0. The minimum Gasteiger partial charge on any atom is -0.392 e. The molecule has 0 radical (unpaired) electrons. The Balaban J connectivity index is 1.78. The normalized spacial score (nSPS) is 22.4. The van der Waals surface area contributed by atoms with E-state index in [0.29, 0.717) is 24.2 Å². The van der Waals surface area contributed by atoms with E-state index < -0.39 is 17.7 Å². The van der Waals surface area contributed by atoms with E-state index >= 15 is 0 Å². The monoisotopic (exact) mass is 313 g/mol. The van der Waals surface area contributed by atoms with Crippen molar-refractivity contribution in [2.75, 3.05) is 18.4 Å². The number of aromatic nitrogens is 1. The van der Waals surface area contributed by atoms with Crippen LogP contribution in [0.15, 0.2) is 12.1 Å². The third-order valence-electron chi connectivity index (χ3n) is 3.34. The summed E-state index contributed by atoms with van der Waals surface area (Å²) in [6.45, 7) is 0.937. The summed E-state index contributed by atoms with van der Waals surface area (Å²) in [6.07, 6.45) is -0.191. The van der Waals surface area contributed by atoms with Crippen molar-refractivity contribution in [3.63, 3.8) is 0 Å². The van der Waals surface area contributed by atoms with Crippen LogP contribution in [-0.4, -0.2) is 35.2 Å². The van der Waals surface area contributed by atoms with Crippen LogP contribution in [0.5, 0.6) is 0 Å². The highest BCUT2D eigenvalue weighted by Gasteiger charge is 2.26. The summed E-state index contributed by atoms with van der Waals surface area (Å²) in [5.41, 5.74) is 0.0403. The average molecular weight is 313 g/mol. The fraction of sp³-hybridized carbons (Fsp3) is 0.385. The maximum atomic E-state index is 13.6. The highest BCUT2D eigenvalue weighted by Crippen LogP contribution is 2.29. The van der Waals surface area contributed by atoms with Gasteiger partial charge in [-0.3, -0.25) is 4.79 Å². The zero-order chi connectivity index (χ0) is 15.0. The van der Waals surface area contributed by atoms with Gasteiger partial charge in [-0.2, -0.15) is 0 Å². The van der Waals surface area contributed by atoms with Gasteiger partial charge in [0.15, 0.2) is 10.9 Å². The number of carbonyl (C=O) groups is 1. The Labute approximate surface area is 123 Å². The van der Waals surface area contributed by atoms with Crippen molar-refractivity contribution < 1.29 is 18.7 Å². The largest absolute Gasteiger partial charge is 0.392 e. The number of rotatable bonds is 2. The van der Waals surface area contributed by atoms with Crippen molar-refractivity contribution in [1.29, 1.82) is 0 Å². The van der Waals surface area contributed by atoms with Crippen molar-refractivity contribution in [2.24, 2.45) is 5.92 Å². The van der Waals surface area contributed by atoms with Crippen LogP contribution in [0.25, 0.3) is 10.2 Å². The van der Waals surface area contributed by atoms with Gasteiger partial charge >= 0.3 is 0 Å². The summed E-state index contributed by atoms with van der Waals surface area (Å²) >= 11 is 1.01. The topological polar surface area (TPSA) is 74.2 Å². The Morgan fingerprint density at radius 3 is 3.00 bits per heavy atom. The zero-order valence-electron chi connectivity index (χ0n) is 10.9. The molecule has 1 aromatic heterocycles. The Kier molecular flexibility index (Phi) is 3.83. The van der Waals surface area contributed by atoms with Gasteiger partial charge in [0, 0.05) is 19.2 Å². The highest BCUT2D eigenvalue weighted by molar-refractivity contribution is 7.22. The minimum atomic E-state index is -0.753. The number of nitrogens with one attached hydrogen (secondary N) is 2. The van der Waals surface area contributed by atoms with Gasteiger partial charge in [-0.05, 0) is 12.5 Å². The van der Waals surface area contributed by atoms with Crippen LogP contribution < -0.4 is 10.6 Å². The number of halogens is 2. The predicted octanol–water partition coefficient (Wildman–Crippen LogP) is 1.48. The minimum absolute atomic E-state index is 0.0403. The molecule has 112 valence electrons. The molecule has 2 unspecified atom stereocenters. The second-order valence-electron chi connectivity index (χ2n) is 4.99. The van der Waals surface area contributed by atoms with Gasteiger partial charge in [0.2, 0.25) is 5.91 Å². The third kappa shape index (κ3) is 3.02. The van der Waals surface area contributed by atoms with Gasteiger partial charge in [0.25, 0.3) is 0 Å². The maximum Gasteiger partial charge on any atom is 0.230 e. The molecule has 1 aliphatic heterocycles. The second-order valence-corrected chi connectivity index (χ2v) is 6.02. The number of fused-ring (bicyclic) bond motifs is 1. The Morgan fingerprint density at radius 1 is 1.43 bits per heavy atom. The molecule has 2 aromatic rings. The van der Waals surface area contributed by atoms with E-state index in [2.05, 4.69) is 15.6 Å². The smallest absolute Gasteiger partial charge is 0.230 e. The van der Waals surface area contributed by atoms with Crippen LogP contribution >= 0.6 is 11.3 Å². The van der Waals surface area contributed by atoms with Crippen molar-refractivity contribution in [3.8, 4) is 0 Å². The fourth-order valence-corrected chi connectivity index (χ4v) is 3.25. The maximum absolute atomic E-state index is 13.6. The van der Waals surface area contributed by atoms with Crippen molar-refractivity contribution in [1.82, 2.24) is 10.3 Å². The van der Waals surface area contributed by atoms with E-state index in [4.69, 9.17) is 0 Å². The van der Waals surface area contributed by atoms with Gasteiger partial charge in [-0.25, -0.2) is 13.8 Å². The highest BCUT2D eigenvalue weighted by atomic mass is 32.1. The fourth-order valence-electron chi connectivity index (χ4n) is 2.34. The van der Waals surface area contributed by atoms with Crippen molar-refractivity contribution in [3.05, 3.63) is 23.8 Å². The van der Waals surface area contributed by atoms with Gasteiger partial charge in [-0.1, -0.05) is 11.3 Å². The van der Waals surface area contributed by atoms with E-state index in [-0.39, 0.29) is 22.5 Å². The lowest BCUT2D eigenvalue weighted by Gasteiger charge is -2.25. The summed E-state index contributed by atoms with van der Waals surface area (Å²) in [5, 5.41) is 15.3. The van der Waals surface area contributed by atoms with Gasteiger partial charge in [0.1, 0.15) is 11.3 Å². The summed E-state index contributed by atoms with van der Waals surface area (Å²) < 4.78 is 27.0. The van der Waals surface area contributed by atoms with Crippen molar-refractivity contribution >= 4 is 32.6 Å². The second kappa shape index (κ2) is 5.63. The molecule has 1 aliphatic rings. The number of aliphatic hydroxyl groups is 1. The molecule has 0 aliphatic carbocycles. The molecule has 21 heavy (non-hydrogen) atoms. The third-order valence-corrected chi connectivity index (χ3v) is 4.26. The molecule has 2 atom stereocenters. The van der Waals surface area contributed by atoms with Crippen LogP contribution in [0.3, 0.4) is 0 Å². The molecule has 1 aromatic carbocycles. The first kappa shape index (κ1) is 14.3. The lowest BCUT2D eigenvalue weighted by Crippen LogP contribution is -2.44. The Bertz CT molecular complexity index is 691. The number of hydrogen-bond donors (Lipinski definition) is 3. The predicted molar refractivity (Wildman–Crippen MR) is 75.1 cm³/mol. The molecule has 2 heterocycles. The SMILES string of the molecule is O=C(Nc1nc2c(F)cc(F)cc2s1)C1CNCC(O)C1. The lowest BCUT2D eigenvalue weighted by molar-refractivity contribution is -0.121. The van der Waals surface area contributed by atoms with Crippen LogP contribution in [-0.2, 0) is 4.79 Å². The molecule has 1 amide bonds. The van der Waals surface area contributed by atoms with E-state index in [0.717, 1.165) is 17.4 Å². The first-order valence-electron chi connectivity index (χ1n) is 6.48. The molecule has 1 fully saturated rings. The molecular weight excluding hydrogens is 300 g/mol. The van der Waals surface area contributed by atoms with Gasteiger partial charge in [0.05, 0.1) is 16.7 Å². The summed E-state index contributed by atoms with van der Waals surface area (Å²) in [6, 6.07) is 1.94. The number of benzene rings is 1. The Morgan fingerprint density at radius 2 is 2.24 bits per heavy atom. The number of anilines is 1. The standard InChI is InChI=1S/C13H13F2N3O2S/c14-7-2-9(15)11-10(3-7)21-13(17-11)18-12(20)6-1-8(19)5-16-4-6/h2-3,6,8,16,19H,1,4-5H2,(H,17,18,20). The summed E-state index contributed by atoms with van der Waals surface area (Å²) in [5.74, 6) is -2.10. The van der Waals surface area contributed by atoms with E-state index in [9.17, 15) is 18.7 Å². The Hall–Kier alpha value is -1.64. The van der Waals surface area contributed by atoms with Crippen LogP contribution in [0.4, 0.5) is 13.9 Å². The number of amides is 1. The number of nitrogens with zero attached hydrogens (tertiary/aromatic N) is 1. The molecule has 1 saturated heterocycles. The first-order chi connectivity index (χ1) is 10.0. The van der Waals surface area contributed by atoms with E-state index in [1.807, 2.05) is 0 Å². The number of β-amino-alcohol motifs (C(OH)–C–C–N with tert-alkyl or cyclic N) is 1. The number of aliphatic hydroxyl groups excluding tert-OH is 1. The number of piperidine rings is 1. The summed E-state index contributed by atoms with van der Waals surface area (Å²) in [4.78, 5) is 16.0. The van der Waals surface area contributed by atoms with Crippen LogP contribution in [0.1, 0.15) is 6.42 Å². The molecule has 3 rings (SSSR count). The first-order valence-corrected chi connectivity index (χ1v) is 7.30. The van der Waals surface area contributed by atoms with Crippen LogP contribution in [0, 0.1) is 17.6 Å². The molecule has 3 N–H and O–H groups in total. The van der Waals surface area contributed by atoms with E-state index in [1.165, 1.54) is 6.07 Å². The quantitative estimate of drug-likeness (QED) is 0.785. The molecule has 0 spiro atoms. The van der Waals surface area contributed by atoms with E-state index in [1.54, 1.807) is 0 Å². The number of carbonyl (C=O) groups excluding carboxylic acids is 1. The van der Waals surface area contributed by atoms with Crippen LogP contribution in [0.2, 0.25) is 0 Å². The number of thiazole rings is 1. The average Bonchev–Trinajstić information content (AvgIpc) is 2.81. The lowest BCUT2D eigenvalue weighted by atomic mass is 9.97. The zero-order valence-corrected chi connectivity index (χ0v) is 11.7. The molecule has 0 bridgehead atoms. The van der Waals surface area contributed by atoms with Crippen molar-refractivity contribution in [2.45, 2.75) is 12.5 Å². The van der Waals surface area contributed by atoms with Gasteiger partial charge in [-0.15, -0.1) is 0 Å². The molecule has 8 heteroatoms. The molecular formula is C13H13F2N3O2S. The van der Waals surface area contributed by atoms with Gasteiger partial charge < -0.3 is 15.7 Å². The molecule has 5 nitrogen and oxygen atoms in total.